The molecule has 2 amide bonds. The summed E-state index contributed by atoms with van der Waals surface area (Å²) < 4.78 is 28.5. The number of halogens is 1. The van der Waals surface area contributed by atoms with Gasteiger partial charge in [-0.15, -0.1) is 0 Å². The lowest BCUT2D eigenvalue weighted by atomic mass is 9.85. The normalized spacial score (nSPS) is 32.6. The summed E-state index contributed by atoms with van der Waals surface area (Å²) in [6, 6.07) is 3.68. The van der Waals surface area contributed by atoms with E-state index < -0.39 is 42.1 Å². The molecule has 1 aromatic rings. The third-order valence-electron chi connectivity index (χ3n) is 7.92. The zero-order valence-electron chi connectivity index (χ0n) is 24.4. The van der Waals surface area contributed by atoms with Gasteiger partial charge >= 0.3 is 12.1 Å². The van der Waals surface area contributed by atoms with Crippen LogP contribution in [0.4, 0.5) is 10.5 Å². The molecule has 0 unspecified atom stereocenters. The van der Waals surface area contributed by atoms with E-state index in [0.717, 1.165) is 11.1 Å². The highest BCUT2D eigenvalue weighted by atomic mass is 35.5. The van der Waals surface area contributed by atoms with Crippen molar-refractivity contribution < 1.29 is 38.1 Å². The van der Waals surface area contributed by atoms with Crippen LogP contribution in [0.3, 0.4) is 0 Å². The molecule has 1 aromatic carbocycles. The van der Waals surface area contributed by atoms with Gasteiger partial charge in [-0.3, -0.25) is 9.59 Å². The molecule has 1 fully saturated rings. The van der Waals surface area contributed by atoms with Gasteiger partial charge in [0.05, 0.1) is 31.0 Å². The van der Waals surface area contributed by atoms with Gasteiger partial charge in [0.1, 0.15) is 34.7 Å². The Balaban J connectivity index is 1.77. The van der Waals surface area contributed by atoms with Crippen molar-refractivity contribution in [3.8, 4) is 5.75 Å². The van der Waals surface area contributed by atoms with Gasteiger partial charge in [-0.1, -0.05) is 42.3 Å². The minimum atomic E-state index is -0.976. The third-order valence-corrected chi connectivity index (χ3v) is 8.30. The second kappa shape index (κ2) is 12.3. The number of nitrogens with zero attached hydrogens (tertiary/aromatic N) is 2. The molecule has 0 aromatic heterocycles. The molecular weight excluding hydrogens is 552 g/mol. The van der Waals surface area contributed by atoms with Gasteiger partial charge in [0.2, 0.25) is 5.91 Å². The fraction of sp³-hybridized carbons (Fsp3) is 0.533. The second-order valence-electron chi connectivity index (χ2n) is 10.9. The van der Waals surface area contributed by atoms with Gasteiger partial charge in [0.25, 0.3) is 0 Å². The largest absolute Gasteiger partial charge is 0.495 e. The number of allylic oxidation sites excluding steroid dienone is 3. The molecule has 6 atom stereocenters. The van der Waals surface area contributed by atoms with E-state index in [0.29, 0.717) is 35.0 Å². The standard InChI is InChI=1S/C30H37ClN2O8/c1-16-9-8-10-22(37-6)20-14-23(40-29(36)32-20)17(2)28-30(4,41-28)25(39-18(3)34)15-26(35)33(5)21-12-19(11-16)13-24(38-7)27(21)31/h8-10,12-13,17,22-23,25,28H,11,14-15H2,1-7H3/b10-8+,16-9+/t17-,22-,23+,25+,28+,30+/m1/s1. The van der Waals surface area contributed by atoms with E-state index in [1.54, 1.807) is 21.1 Å². The zero-order valence-corrected chi connectivity index (χ0v) is 25.2. The smallest absolute Gasteiger partial charge is 0.433 e. The minimum Gasteiger partial charge on any atom is -0.495 e. The summed E-state index contributed by atoms with van der Waals surface area (Å²) in [6.07, 6.45) is 3.30. The van der Waals surface area contributed by atoms with E-state index >= 15 is 0 Å². The fourth-order valence-corrected chi connectivity index (χ4v) is 5.83. The average molecular weight is 589 g/mol. The van der Waals surface area contributed by atoms with E-state index in [4.69, 9.17) is 35.3 Å². The first-order valence-electron chi connectivity index (χ1n) is 13.5. The molecule has 0 saturated carbocycles. The van der Waals surface area contributed by atoms with E-state index in [9.17, 15) is 14.4 Å². The van der Waals surface area contributed by atoms with E-state index in [2.05, 4.69) is 4.99 Å². The molecule has 4 bridgehead atoms. The van der Waals surface area contributed by atoms with Crippen molar-refractivity contribution in [3.05, 3.63) is 46.5 Å². The topological polar surface area (TPSA) is 116 Å². The molecule has 41 heavy (non-hydrogen) atoms. The lowest BCUT2D eigenvalue weighted by Crippen LogP contribution is -2.43. The van der Waals surface area contributed by atoms with Crippen LogP contribution in [0.1, 0.15) is 46.1 Å². The number of carbonyl (C=O) groups excluding carboxylic acids is 3. The number of esters is 1. The molecule has 11 heteroatoms. The van der Waals surface area contributed by atoms with Crippen molar-refractivity contribution in [2.75, 3.05) is 26.2 Å². The summed E-state index contributed by atoms with van der Waals surface area (Å²) in [5.74, 6) is -0.717. The molecule has 1 saturated heterocycles. The Morgan fingerprint density at radius 2 is 1.95 bits per heavy atom. The Hall–Kier alpha value is -3.21. The molecular formula is C30H37ClN2O8. The number of fused-ring (bicyclic) bond motifs is 5. The van der Waals surface area contributed by atoms with Crippen molar-refractivity contribution in [1.29, 1.82) is 0 Å². The summed E-state index contributed by atoms with van der Waals surface area (Å²) in [4.78, 5) is 43.7. The van der Waals surface area contributed by atoms with Crippen molar-refractivity contribution in [2.24, 2.45) is 10.9 Å². The Kier molecular flexibility index (Phi) is 9.25. The quantitative estimate of drug-likeness (QED) is 0.363. The number of aliphatic imine (C=N–C) groups is 1. The molecule has 0 radical (unpaired) electrons. The molecule has 0 spiro atoms. The van der Waals surface area contributed by atoms with Crippen molar-refractivity contribution in [3.63, 3.8) is 0 Å². The first-order valence-corrected chi connectivity index (χ1v) is 13.9. The van der Waals surface area contributed by atoms with Crippen LogP contribution in [0.25, 0.3) is 0 Å². The maximum atomic E-state index is 13.6. The SMILES string of the molecule is COc1cc2cc(c1Cl)N(C)C(=O)C[C@H](OC(C)=O)[C@]1(C)O[C@H]1[C@H](C)[C@@H]1CC(=NC(=O)O1)[C@H](OC)/C=C/C=C(\C)C2. The maximum absolute atomic E-state index is 13.6. The van der Waals surface area contributed by atoms with Gasteiger partial charge in [0, 0.05) is 33.4 Å². The summed E-state index contributed by atoms with van der Waals surface area (Å²) in [7, 11) is 4.70. The van der Waals surface area contributed by atoms with Crippen LogP contribution < -0.4 is 9.64 Å². The van der Waals surface area contributed by atoms with Crippen LogP contribution in [0.5, 0.6) is 5.75 Å². The number of ether oxygens (including phenoxy) is 5. The van der Waals surface area contributed by atoms with Crippen LogP contribution in [0.15, 0.2) is 40.9 Å². The van der Waals surface area contributed by atoms with Gasteiger partial charge in [0.15, 0.2) is 0 Å². The number of methoxy groups -OCH3 is 2. The molecule has 0 N–H and O–H groups in total. The lowest BCUT2D eigenvalue weighted by molar-refractivity contribution is -0.151. The van der Waals surface area contributed by atoms with Crippen LogP contribution >= 0.6 is 11.6 Å². The highest BCUT2D eigenvalue weighted by molar-refractivity contribution is 6.35. The Bertz CT molecular complexity index is 1310. The van der Waals surface area contributed by atoms with Crippen LogP contribution in [-0.4, -0.2) is 75.0 Å². The first kappa shape index (κ1) is 30.7. The number of amides is 2. The summed E-state index contributed by atoms with van der Waals surface area (Å²) in [6.45, 7) is 6.97. The highest BCUT2D eigenvalue weighted by Crippen LogP contribution is 2.48. The van der Waals surface area contributed by atoms with Gasteiger partial charge < -0.3 is 28.6 Å². The summed E-state index contributed by atoms with van der Waals surface area (Å²) in [5.41, 5.74) is 1.95. The first-order chi connectivity index (χ1) is 19.4. The number of hydrogen-bond acceptors (Lipinski definition) is 8. The molecule has 222 valence electrons. The van der Waals surface area contributed by atoms with Crippen LogP contribution in [0.2, 0.25) is 5.02 Å². The number of rotatable bonds is 3. The monoisotopic (exact) mass is 588 g/mol. The van der Waals surface area contributed by atoms with E-state index in [-0.39, 0.29) is 18.2 Å². The number of anilines is 1. The molecule has 3 heterocycles. The molecule has 3 aliphatic heterocycles. The third kappa shape index (κ3) is 6.66. The van der Waals surface area contributed by atoms with Crippen LogP contribution in [0, 0.1) is 5.92 Å². The van der Waals surface area contributed by atoms with Gasteiger partial charge in [-0.25, -0.2) is 4.79 Å². The minimum absolute atomic E-state index is 0.148. The summed E-state index contributed by atoms with van der Waals surface area (Å²) in [5, 5.41) is 0.293. The Labute approximate surface area is 245 Å². The van der Waals surface area contributed by atoms with Crippen molar-refractivity contribution in [1.82, 2.24) is 0 Å². The predicted molar refractivity (Wildman–Crippen MR) is 154 cm³/mol. The second-order valence-corrected chi connectivity index (χ2v) is 11.3. The lowest BCUT2D eigenvalue weighted by Gasteiger charge is -2.30. The van der Waals surface area contributed by atoms with Crippen molar-refractivity contribution in [2.45, 2.75) is 77.0 Å². The molecule has 4 rings (SSSR count). The van der Waals surface area contributed by atoms with Gasteiger partial charge in [-0.05, 0) is 38.0 Å². The Morgan fingerprint density at radius 3 is 2.61 bits per heavy atom. The Morgan fingerprint density at radius 1 is 1.22 bits per heavy atom. The molecule has 0 aliphatic carbocycles. The van der Waals surface area contributed by atoms with Crippen molar-refractivity contribution >= 4 is 41.0 Å². The summed E-state index contributed by atoms with van der Waals surface area (Å²) >= 11 is 6.65. The zero-order chi connectivity index (χ0) is 30.1. The maximum Gasteiger partial charge on any atom is 0.433 e. The number of carbonyl (C=O) groups is 3. The fourth-order valence-electron chi connectivity index (χ4n) is 5.51. The number of epoxide rings is 1. The van der Waals surface area contributed by atoms with E-state index in [1.807, 2.05) is 44.2 Å². The average Bonchev–Trinajstić information content (AvgIpc) is 3.62. The van der Waals surface area contributed by atoms with E-state index in [1.165, 1.54) is 18.9 Å². The number of hydrogen-bond donors (Lipinski definition) is 0. The molecule has 3 aliphatic rings. The van der Waals surface area contributed by atoms with Crippen LogP contribution in [-0.2, 0) is 35.0 Å². The van der Waals surface area contributed by atoms with Gasteiger partial charge in [-0.2, -0.15) is 4.99 Å². The number of benzene rings is 1. The molecule has 10 nitrogen and oxygen atoms in total. The predicted octanol–water partition coefficient (Wildman–Crippen LogP) is 4.85. The highest BCUT2D eigenvalue weighted by Gasteiger charge is 2.63.